The fourth-order valence-corrected chi connectivity index (χ4v) is 3.14. The number of piperazine rings is 1. The predicted octanol–water partition coefficient (Wildman–Crippen LogP) is 2.73. The van der Waals surface area contributed by atoms with Crippen molar-refractivity contribution >= 4 is 5.91 Å². The largest absolute Gasteiger partial charge is 0.497 e. The second-order valence-electron chi connectivity index (χ2n) is 6.06. The van der Waals surface area contributed by atoms with Gasteiger partial charge in [0.1, 0.15) is 5.75 Å². The lowest BCUT2D eigenvalue weighted by Gasteiger charge is -2.32. The molecule has 24 heavy (non-hydrogen) atoms. The Balaban J connectivity index is 1.71. The first-order valence-electron chi connectivity index (χ1n) is 8.47. The molecular weight excluding hydrogens is 300 g/mol. The van der Waals surface area contributed by atoms with Crippen LogP contribution in [-0.2, 0) is 11.2 Å². The van der Waals surface area contributed by atoms with E-state index in [-0.39, 0.29) is 11.9 Å². The van der Waals surface area contributed by atoms with Gasteiger partial charge in [0.05, 0.1) is 13.2 Å². The number of methoxy groups -OCH3 is 1. The average molecular weight is 324 g/mol. The molecule has 0 unspecified atom stereocenters. The zero-order chi connectivity index (χ0) is 16.9. The molecule has 0 saturated carbocycles. The molecule has 0 radical (unpaired) electrons. The zero-order valence-electron chi connectivity index (χ0n) is 14.3. The SMILES string of the molecule is CCN1CCN[C@H](Cc2ccc(-c3cccc(OC)c3)cc2)C1=O. The van der Waals surface area contributed by atoms with E-state index in [0.29, 0.717) is 0 Å². The smallest absolute Gasteiger partial charge is 0.240 e. The van der Waals surface area contributed by atoms with Gasteiger partial charge in [0, 0.05) is 19.6 Å². The van der Waals surface area contributed by atoms with E-state index in [9.17, 15) is 4.79 Å². The number of benzene rings is 2. The van der Waals surface area contributed by atoms with Crippen molar-refractivity contribution in [3.8, 4) is 16.9 Å². The summed E-state index contributed by atoms with van der Waals surface area (Å²) in [6.07, 6.45) is 0.730. The molecule has 0 aromatic heterocycles. The number of hydrogen-bond acceptors (Lipinski definition) is 3. The lowest BCUT2D eigenvalue weighted by Crippen LogP contribution is -2.55. The summed E-state index contributed by atoms with van der Waals surface area (Å²) in [6.45, 7) is 4.49. The Morgan fingerprint density at radius 1 is 1.17 bits per heavy atom. The molecule has 1 amide bonds. The van der Waals surface area contributed by atoms with Crippen molar-refractivity contribution in [1.29, 1.82) is 0 Å². The van der Waals surface area contributed by atoms with Gasteiger partial charge in [-0.1, -0.05) is 36.4 Å². The van der Waals surface area contributed by atoms with Crippen LogP contribution in [0, 0.1) is 0 Å². The van der Waals surface area contributed by atoms with Gasteiger partial charge in [0.2, 0.25) is 5.91 Å². The maximum absolute atomic E-state index is 12.4. The van der Waals surface area contributed by atoms with Crippen molar-refractivity contribution in [2.24, 2.45) is 0 Å². The van der Waals surface area contributed by atoms with Gasteiger partial charge in [-0.3, -0.25) is 4.79 Å². The van der Waals surface area contributed by atoms with E-state index in [4.69, 9.17) is 4.74 Å². The molecule has 0 spiro atoms. The van der Waals surface area contributed by atoms with E-state index in [1.54, 1.807) is 7.11 Å². The fraction of sp³-hybridized carbons (Fsp3) is 0.350. The lowest BCUT2D eigenvalue weighted by molar-refractivity contribution is -0.135. The molecule has 3 rings (SSSR count). The van der Waals surface area contributed by atoms with Gasteiger partial charge >= 0.3 is 0 Å². The minimum absolute atomic E-state index is 0.110. The molecule has 4 heteroatoms. The van der Waals surface area contributed by atoms with Crippen molar-refractivity contribution in [3.05, 3.63) is 54.1 Å². The van der Waals surface area contributed by atoms with Gasteiger partial charge in [0.15, 0.2) is 0 Å². The molecular formula is C20H24N2O2. The monoisotopic (exact) mass is 324 g/mol. The Labute approximate surface area is 143 Å². The third-order valence-electron chi connectivity index (χ3n) is 4.56. The van der Waals surface area contributed by atoms with Crippen LogP contribution in [0.25, 0.3) is 11.1 Å². The molecule has 1 fully saturated rings. The van der Waals surface area contributed by atoms with E-state index in [1.165, 1.54) is 5.56 Å². The maximum atomic E-state index is 12.4. The Morgan fingerprint density at radius 3 is 2.67 bits per heavy atom. The predicted molar refractivity (Wildman–Crippen MR) is 96.2 cm³/mol. The number of nitrogens with one attached hydrogen (secondary N) is 1. The minimum atomic E-state index is -0.110. The number of amides is 1. The number of nitrogens with zero attached hydrogens (tertiary/aromatic N) is 1. The number of ether oxygens (including phenoxy) is 1. The number of likely N-dealkylation sites (N-methyl/N-ethyl adjacent to an activating group) is 1. The highest BCUT2D eigenvalue weighted by atomic mass is 16.5. The molecule has 126 valence electrons. The Morgan fingerprint density at radius 2 is 1.96 bits per heavy atom. The topological polar surface area (TPSA) is 41.6 Å². The van der Waals surface area contributed by atoms with Crippen LogP contribution in [0.4, 0.5) is 0 Å². The zero-order valence-corrected chi connectivity index (χ0v) is 14.3. The summed E-state index contributed by atoms with van der Waals surface area (Å²) in [5.74, 6) is 1.06. The quantitative estimate of drug-likeness (QED) is 0.919. The average Bonchev–Trinajstić information content (AvgIpc) is 2.64. The summed E-state index contributed by atoms with van der Waals surface area (Å²) >= 11 is 0. The maximum Gasteiger partial charge on any atom is 0.240 e. The molecule has 1 saturated heterocycles. The van der Waals surface area contributed by atoms with Gasteiger partial charge < -0.3 is 15.0 Å². The third kappa shape index (κ3) is 3.60. The number of rotatable bonds is 5. The van der Waals surface area contributed by atoms with Crippen molar-refractivity contribution < 1.29 is 9.53 Å². The molecule has 1 N–H and O–H groups in total. The van der Waals surface area contributed by atoms with Crippen LogP contribution < -0.4 is 10.1 Å². The van der Waals surface area contributed by atoms with Crippen molar-refractivity contribution in [2.45, 2.75) is 19.4 Å². The summed E-state index contributed by atoms with van der Waals surface area (Å²) in [7, 11) is 1.68. The van der Waals surface area contributed by atoms with Crippen LogP contribution in [0.1, 0.15) is 12.5 Å². The van der Waals surface area contributed by atoms with E-state index >= 15 is 0 Å². The van der Waals surface area contributed by atoms with Gasteiger partial charge in [-0.15, -0.1) is 0 Å². The Hall–Kier alpha value is -2.33. The highest BCUT2D eigenvalue weighted by Gasteiger charge is 2.27. The fourth-order valence-electron chi connectivity index (χ4n) is 3.14. The van der Waals surface area contributed by atoms with Crippen molar-refractivity contribution in [2.75, 3.05) is 26.7 Å². The van der Waals surface area contributed by atoms with E-state index < -0.39 is 0 Å². The summed E-state index contributed by atoms with van der Waals surface area (Å²) < 4.78 is 5.28. The van der Waals surface area contributed by atoms with Gasteiger partial charge in [-0.25, -0.2) is 0 Å². The molecule has 1 atom stereocenters. The van der Waals surface area contributed by atoms with Gasteiger partial charge in [-0.05, 0) is 42.2 Å². The first kappa shape index (κ1) is 16.5. The minimum Gasteiger partial charge on any atom is -0.497 e. The van der Waals surface area contributed by atoms with E-state index in [2.05, 4.69) is 35.6 Å². The molecule has 2 aromatic rings. The van der Waals surface area contributed by atoms with Crippen LogP contribution in [0.5, 0.6) is 5.75 Å². The molecule has 1 aliphatic rings. The lowest BCUT2D eigenvalue weighted by atomic mass is 9.99. The standard InChI is InChI=1S/C20H24N2O2/c1-3-22-12-11-21-19(20(22)23)13-15-7-9-16(10-8-15)17-5-4-6-18(14-17)24-2/h4-10,14,19,21H,3,11-13H2,1-2H3/t19-/m1/s1. The van der Waals surface area contributed by atoms with Crippen molar-refractivity contribution in [3.63, 3.8) is 0 Å². The summed E-state index contributed by atoms with van der Waals surface area (Å²) in [4.78, 5) is 14.3. The third-order valence-corrected chi connectivity index (χ3v) is 4.56. The van der Waals surface area contributed by atoms with E-state index in [0.717, 1.165) is 42.9 Å². The first-order valence-corrected chi connectivity index (χ1v) is 8.47. The van der Waals surface area contributed by atoms with Crippen molar-refractivity contribution in [1.82, 2.24) is 10.2 Å². The van der Waals surface area contributed by atoms with Crippen LogP contribution in [0.2, 0.25) is 0 Å². The van der Waals surface area contributed by atoms with Crippen LogP contribution in [0.15, 0.2) is 48.5 Å². The normalized spacial score (nSPS) is 17.8. The number of carbonyl (C=O) groups is 1. The van der Waals surface area contributed by atoms with Crippen LogP contribution in [0.3, 0.4) is 0 Å². The van der Waals surface area contributed by atoms with Gasteiger partial charge in [-0.2, -0.15) is 0 Å². The van der Waals surface area contributed by atoms with Crippen LogP contribution >= 0.6 is 0 Å². The second-order valence-corrected chi connectivity index (χ2v) is 6.06. The van der Waals surface area contributed by atoms with Crippen LogP contribution in [-0.4, -0.2) is 43.6 Å². The highest BCUT2D eigenvalue weighted by molar-refractivity contribution is 5.83. The Bertz CT molecular complexity index is 697. The van der Waals surface area contributed by atoms with Gasteiger partial charge in [0.25, 0.3) is 0 Å². The molecule has 0 aliphatic carbocycles. The summed E-state index contributed by atoms with van der Waals surface area (Å²) in [6, 6.07) is 16.3. The molecule has 0 bridgehead atoms. The molecule has 1 heterocycles. The summed E-state index contributed by atoms with van der Waals surface area (Å²) in [5.41, 5.74) is 3.45. The highest BCUT2D eigenvalue weighted by Crippen LogP contribution is 2.24. The molecule has 1 aliphatic heterocycles. The number of carbonyl (C=O) groups excluding carboxylic acids is 1. The molecule has 2 aromatic carbocycles. The van der Waals surface area contributed by atoms with E-state index in [1.807, 2.05) is 30.0 Å². The molecule has 4 nitrogen and oxygen atoms in total. The summed E-state index contributed by atoms with van der Waals surface area (Å²) in [5, 5.41) is 3.34. The Kier molecular flexibility index (Phi) is 5.16. The second kappa shape index (κ2) is 7.49. The number of hydrogen-bond donors (Lipinski definition) is 1. The first-order chi connectivity index (χ1) is 11.7.